The Hall–Kier alpha value is -1.31. The molecule has 1 nitrogen and oxygen atoms in total. The smallest absolute Gasteiger partial charge is 0.0465 e. The van der Waals surface area contributed by atoms with Crippen LogP contribution in [0.15, 0.2) is 48.5 Å². The third-order valence-electron chi connectivity index (χ3n) is 3.34. The summed E-state index contributed by atoms with van der Waals surface area (Å²) in [6.07, 6.45) is 1.78. The number of aliphatic hydroxyl groups excluding tert-OH is 1. The maximum Gasteiger partial charge on any atom is 0.0465 e. The van der Waals surface area contributed by atoms with E-state index in [1.165, 1.54) is 16.7 Å². The molecule has 0 radical (unpaired) electrons. The molecule has 0 saturated carbocycles. The minimum Gasteiger partial charge on any atom is -0.396 e. The van der Waals surface area contributed by atoms with Gasteiger partial charge in [-0.1, -0.05) is 53.6 Å². The molecular formula is C17H19ClO. The van der Waals surface area contributed by atoms with Gasteiger partial charge < -0.3 is 5.11 Å². The fourth-order valence-electron chi connectivity index (χ4n) is 2.21. The summed E-state index contributed by atoms with van der Waals surface area (Å²) in [5, 5.41) is 10.3. The summed E-state index contributed by atoms with van der Waals surface area (Å²) >= 11 is 5.88. The van der Waals surface area contributed by atoms with E-state index in [4.69, 9.17) is 11.6 Å². The minimum atomic E-state index is 0.205. The maximum atomic E-state index is 9.53. The lowest BCUT2D eigenvalue weighted by atomic mass is 9.93. The number of hydrogen-bond acceptors (Lipinski definition) is 1. The average Bonchev–Trinajstić information content (AvgIpc) is 2.43. The first kappa shape index (κ1) is 14.1. The maximum absolute atomic E-state index is 9.53. The number of aliphatic hydroxyl groups is 1. The van der Waals surface area contributed by atoms with Crippen LogP contribution in [-0.4, -0.2) is 11.7 Å². The molecule has 2 rings (SSSR count). The van der Waals surface area contributed by atoms with Gasteiger partial charge in [-0.2, -0.15) is 0 Å². The summed E-state index contributed by atoms with van der Waals surface area (Å²) in [6, 6.07) is 16.4. The molecular weight excluding hydrogens is 256 g/mol. The zero-order chi connectivity index (χ0) is 13.7. The zero-order valence-corrected chi connectivity index (χ0v) is 11.9. The molecule has 0 bridgehead atoms. The van der Waals surface area contributed by atoms with Crippen LogP contribution in [0.4, 0.5) is 0 Å². The van der Waals surface area contributed by atoms with Crippen molar-refractivity contribution >= 4 is 11.6 Å². The third-order valence-corrected chi connectivity index (χ3v) is 3.59. The number of hydrogen-bond donors (Lipinski definition) is 1. The fraction of sp³-hybridized carbons (Fsp3) is 0.294. The number of halogens is 1. The molecule has 0 heterocycles. The molecule has 19 heavy (non-hydrogen) atoms. The van der Waals surface area contributed by atoms with Crippen molar-refractivity contribution in [3.63, 3.8) is 0 Å². The van der Waals surface area contributed by atoms with Crippen molar-refractivity contribution < 1.29 is 5.11 Å². The molecule has 2 heteroatoms. The van der Waals surface area contributed by atoms with Crippen molar-refractivity contribution in [3.05, 3.63) is 70.2 Å². The van der Waals surface area contributed by atoms with Crippen LogP contribution < -0.4 is 0 Å². The summed E-state index contributed by atoms with van der Waals surface area (Å²) in [5.41, 5.74) is 3.76. The average molecular weight is 275 g/mol. The molecule has 0 saturated heterocycles. The van der Waals surface area contributed by atoms with E-state index in [9.17, 15) is 5.11 Å². The van der Waals surface area contributed by atoms with E-state index in [2.05, 4.69) is 31.2 Å². The number of rotatable bonds is 5. The van der Waals surface area contributed by atoms with Gasteiger partial charge in [-0.15, -0.1) is 0 Å². The predicted octanol–water partition coefficient (Wildman–Crippen LogP) is 4.04. The third kappa shape index (κ3) is 4.38. The van der Waals surface area contributed by atoms with Crippen LogP contribution in [0.1, 0.15) is 16.7 Å². The van der Waals surface area contributed by atoms with E-state index in [-0.39, 0.29) is 12.5 Å². The second-order valence-corrected chi connectivity index (χ2v) is 5.51. The molecule has 0 aliphatic heterocycles. The SMILES string of the molecule is Cc1ccc(CC(CO)Cc2ccc(Cl)cc2)cc1. The summed E-state index contributed by atoms with van der Waals surface area (Å²) in [6.45, 7) is 2.29. The second kappa shape index (κ2) is 6.74. The zero-order valence-electron chi connectivity index (χ0n) is 11.1. The first-order chi connectivity index (χ1) is 9.17. The van der Waals surface area contributed by atoms with Crippen LogP contribution in [0.25, 0.3) is 0 Å². The van der Waals surface area contributed by atoms with Gasteiger partial charge in [-0.25, -0.2) is 0 Å². The molecule has 2 aromatic carbocycles. The molecule has 1 unspecified atom stereocenters. The van der Waals surface area contributed by atoms with E-state index in [1.54, 1.807) is 0 Å². The summed E-state index contributed by atoms with van der Waals surface area (Å²) < 4.78 is 0. The lowest BCUT2D eigenvalue weighted by Gasteiger charge is -2.14. The van der Waals surface area contributed by atoms with Crippen LogP contribution in [0, 0.1) is 12.8 Å². The van der Waals surface area contributed by atoms with Gasteiger partial charge in [0.1, 0.15) is 0 Å². The Morgan fingerprint density at radius 1 is 0.895 bits per heavy atom. The van der Waals surface area contributed by atoms with Crippen LogP contribution in [-0.2, 0) is 12.8 Å². The second-order valence-electron chi connectivity index (χ2n) is 5.07. The van der Waals surface area contributed by atoms with Gasteiger partial charge in [0.2, 0.25) is 0 Å². The molecule has 0 aliphatic rings. The Labute approximate surface area is 119 Å². The van der Waals surface area contributed by atoms with Crippen molar-refractivity contribution in [2.45, 2.75) is 19.8 Å². The van der Waals surface area contributed by atoms with Gasteiger partial charge >= 0.3 is 0 Å². The van der Waals surface area contributed by atoms with Gasteiger partial charge in [0.15, 0.2) is 0 Å². The highest BCUT2D eigenvalue weighted by Crippen LogP contribution is 2.17. The normalized spacial score (nSPS) is 12.4. The highest BCUT2D eigenvalue weighted by molar-refractivity contribution is 6.30. The Morgan fingerprint density at radius 2 is 1.37 bits per heavy atom. The molecule has 100 valence electrons. The van der Waals surface area contributed by atoms with Crippen molar-refractivity contribution in [2.75, 3.05) is 6.61 Å². The van der Waals surface area contributed by atoms with Crippen LogP contribution in [0.5, 0.6) is 0 Å². The van der Waals surface area contributed by atoms with E-state index < -0.39 is 0 Å². The van der Waals surface area contributed by atoms with Crippen molar-refractivity contribution in [3.8, 4) is 0 Å². The Balaban J connectivity index is 2.00. The van der Waals surface area contributed by atoms with Crippen molar-refractivity contribution in [1.82, 2.24) is 0 Å². The number of benzene rings is 2. The first-order valence-electron chi connectivity index (χ1n) is 6.58. The van der Waals surface area contributed by atoms with Crippen molar-refractivity contribution in [2.24, 2.45) is 5.92 Å². The highest BCUT2D eigenvalue weighted by atomic mass is 35.5. The molecule has 0 spiro atoms. The topological polar surface area (TPSA) is 20.2 Å². The Kier molecular flexibility index (Phi) is 5.00. The van der Waals surface area contributed by atoms with Gasteiger partial charge in [0.25, 0.3) is 0 Å². The lowest BCUT2D eigenvalue weighted by molar-refractivity contribution is 0.225. The standard InChI is InChI=1S/C17H19ClO/c1-13-2-4-14(5-3-13)10-16(12-19)11-15-6-8-17(18)9-7-15/h2-9,16,19H,10-12H2,1H3. The first-order valence-corrected chi connectivity index (χ1v) is 6.96. The largest absolute Gasteiger partial charge is 0.396 e. The summed E-state index contributed by atoms with van der Waals surface area (Å²) in [4.78, 5) is 0. The van der Waals surface area contributed by atoms with Crippen LogP contribution >= 0.6 is 11.6 Å². The van der Waals surface area contributed by atoms with E-state index in [1.807, 2.05) is 24.3 Å². The van der Waals surface area contributed by atoms with Gasteiger partial charge in [0, 0.05) is 11.6 Å². The molecule has 1 atom stereocenters. The van der Waals surface area contributed by atoms with Crippen LogP contribution in [0.3, 0.4) is 0 Å². The highest BCUT2D eigenvalue weighted by Gasteiger charge is 2.09. The van der Waals surface area contributed by atoms with Gasteiger partial charge in [-0.05, 0) is 48.9 Å². The summed E-state index contributed by atoms with van der Waals surface area (Å²) in [5.74, 6) is 0.254. The lowest BCUT2D eigenvalue weighted by Crippen LogP contribution is -2.12. The molecule has 0 amide bonds. The Bertz CT molecular complexity index is 454. The molecule has 2 aromatic rings. The van der Waals surface area contributed by atoms with Crippen LogP contribution in [0.2, 0.25) is 5.02 Å². The monoisotopic (exact) mass is 274 g/mol. The molecule has 0 aliphatic carbocycles. The predicted molar refractivity (Wildman–Crippen MR) is 80.6 cm³/mol. The van der Waals surface area contributed by atoms with Gasteiger partial charge in [-0.3, -0.25) is 0 Å². The fourth-order valence-corrected chi connectivity index (χ4v) is 2.34. The van der Waals surface area contributed by atoms with Gasteiger partial charge in [0.05, 0.1) is 0 Å². The quantitative estimate of drug-likeness (QED) is 0.872. The molecule has 1 N–H and O–H groups in total. The van der Waals surface area contributed by atoms with E-state index in [0.29, 0.717) is 0 Å². The van der Waals surface area contributed by atoms with E-state index >= 15 is 0 Å². The summed E-state index contributed by atoms with van der Waals surface area (Å²) in [7, 11) is 0. The molecule has 0 aromatic heterocycles. The van der Waals surface area contributed by atoms with E-state index in [0.717, 1.165) is 17.9 Å². The molecule has 0 fully saturated rings. The van der Waals surface area contributed by atoms with Crippen molar-refractivity contribution in [1.29, 1.82) is 0 Å². The minimum absolute atomic E-state index is 0.205. The Morgan fingerprint density at radius 3 is 1.84 bits per heavy atom. The number of aryl methyl sites for hydroxylation is 1.